The zero-order valence-electron chi connectivity index (χ0n) is 16.8. The van der Waals surface area contributed by atoms with Crippen molar-refractivity contribution in [2.75, 3.05) is 0 Å². The van der Waals surface area contributed by atoms with E-state index in [1.54, 1.807) is 0 Å². The normalized spacial score (nSPS) is 13.8. The van der Waals surface area contributed by atoms with E-state index < -0.39 is 0 Å². The second-order valence-corrected chi connectivity index (χ2v) is 7.30. The van der Waals surface area contributed by atoms with E-state index in [2.05, 4.69) is 97.6 Å². The highest BCUT2D eigenvalue weighted by Gasteiger charge is 2.05. The smallest absolute Gasteiger partial charge is 0.0633 e. The first-order chi connectivity index (χ1) is 14.2. The van der Waals surface area contributed by atoms with Gasteiger partial charge in [-0.2, -0.15) is 0 Å². The fourth-order valence-electron chi connectivity index (χ4n) is 3.55. The first-order valence-corrected chi connectivity index (χ1v) is 10.1. The third kappa shape index (κ3) is 4.52. The summed E-state index contributed by atoms with van der Waals surface area (Å²) in [4.78, 5) is 4.76. The number of benzene rings is 3. The fraction of sp³-hybridized carbons (Fsp3) is 0.107. The lowest BCUT2D eigenvalue weighted by Crippen LogP contribution is -1.96. The van der Waals surface area contributed by atoms with Gasteiger partial charge < -0.3 is 0 Å². The van der Waals surface area contributed by atoms with Crippen LogP contribution in [0.3, 0.4) is 0 Å². The van der Waals surface area contributed by atoms with E-state index in [-0.39, 0.29) is 0 Å². The molecule has 0 radical (unpaired) electrons. The molecule has 0 atom stereocenters. The maximum Gasteiger partial charge on any atom is 0.0633 e. The van der Waals surface area contributed by atoms with E-state index in [0.29, 0.717) is 0 Å². The topological polar surface area (TPSA) is 12.4 Å². The van der Waals surface area contributed by atoms with Gasteiger partial charge in [0.25, 0.3) is 0 Å². The van der Waals surface area contributed by atoms with E-state index in [1.165, 1.54) is 22.3 Å². The van der Waals surface area contributed by atoms with Crippen LogP contribution < -0.4 is 0 Å². The molecule has 29 heavy (non-hydrogen) atoms. The second kappa shape index (κ2) is 8.70. The zero-order chi connectivity index (χ0) is 20.1. The second-order valence-electron chi connectivity index (χ2n) is 7.30. The predicted molar refractivity (Wildman–Crippen MR) is 126 cm³/mol. The number of allylic oxidation sites excluding steroid dienone is 4. The van der Waals surface area contributed by atoms with Crippen LogP contribution in [0.2, 0.25) is 0 Å². The van der Waals surface area contributed by atoms with Gasteiger partial charge >= 0.3 is 0 Å². The lowest BCUT2D eigenvalue weighted by Gasteiger charge is -2.09. The average molecular weight is 376 g/mol. The molecule has 0 heterocycles. The minimum atomic E-state index is 0.782. The SMILES string of the molecule is C=C(N=C(C)c1ccc(C2=CCCC=C2)cc1)c1ccc(-c2ccccc2)cc1. The zero-order valence-corrected chi connectivity index (χ0v) is 16.8. The number of rotatable bonds is 5. The molecule has 0 unspecified atom stereocenters. The minimum absolute atomic E-state index is 0.782. The maximum absolute atomic E-state index is 4.76. The van der Waals surface area contributed by atoms with Gasteiger partial charge in [0.05, 0.1) is 5.70 Å². The Morgan fingerprint density at radius 1 is 0.724 bits per heavy atom. The third-order valence-corrected chi connectivity index (χ3v) is 5.26. The molecule has 0 fully saturated rings. The van der Waals surface area contributed by atoms with Crippen LogP contribution in [0.25, 0.3) is 22.4 Å². The van der Waals surface area contributed by atoms with Crippen LogP contribution >= 0.6 is 0 Å². The Labute approximate surface area is 173 Å². The number of nitrogens with zero attached hydrogens (tertiary/aromatic N) is 1. The molecular formula is C28H25N. The van der Waals surface area contributed by atoms with Crippen molar-refractivity contribution in [3.05, 3.63) is 120 Å². The van der Waals surface area contributed by atoms with Gasteiger partial charge in [0.1, 0.15) is 0 Å². The van der Waals surface area contributed by atoms with Gasteiger partial charge in [-0.3, -0.25) is 4.99 Å². The summed E-state index contributed by atoms with van der Waals surface area (Å²) in [5.74, 6) is 0. The van der Waals surface area contributed by atoms with E-state index in [4.69, 9.17) is 4.99 Å². The molecule has 0 aromatic heterocycles. The van der Waals surface area contributed by atoms with Crippen LogP contribution in [0.1, 0.15) is 36.5 Å². The number of aliphatic imine (C=N–C) groups is 1. The molecule has 4 rings (SSSR count). The molecule has 3 aromatic rings. The Kier molecular flexibility index (Phi) is 5.67. The monoisotopic (exact) mass is 375 g/mol. The molecule has 0 bridgehead atoms. The van der Waals surface area contributed by atoms with Crippen molar-refractivity contribution >= 4 is 17.0 Å². The van der Waals surface area contributed by atoms with Crippen LogP contribution in [0, 0.1) is 0 Å². The molecule has 0 spiro atoms. The summed E-state index contributed by atoms with van der Waals surface area (Å²) < 4.78 is 0. The van der Waals surface area contributed by atoms with Crippen molar-refractivity contribution in [2.45, 2.75) is 19.8 Å². The summed E-state index contributed by atoms with van der Waals surface area (Å²) in [5.41, 5.74) is 8.89. The fourth-order valence-corrected chi connectivity index (χ4v) is 3.55. The predicted octanol–water partition coefficient (Wildman–Crippen LogP) is 7.57. The molecule has 1 aliphatic rings. The summed E-state index contributed by atoms with van der Waals surface area (Å²) in [7, 11) is 0. The molecule has 0 amide bonds. The average Bonchev–Trinajstić information content (AvgIpc) is 2.80. The Balaban J connectivity index is 1.49. The molecule has 3 aromatic carbocycles. The van der Waals surface area contributed by atoms with E-state index in [1.807, 2.05) is 13.0 Å². The number of hydrogen-bond acceptors (Lipinski definition) is 1. The van der Waals surface area contributed by atoms with Crippen LogP contribution in [-0.2, 0) is 0 Å². The minimum Gasteiger partial charge on any atom is -0.253 e. The van der Waals surface area contributed by atoms with Crippen molar-refractivity contribution in [2.24, 2.45) is 4.99 Å². The van der Waals surface area contributed by atoms with Crippen molar-refractivity contribution in [3.63, 3.8) is 0 Å². The molecule has 0 N–H and O–H groups in total. The van der Waals surface area contributed by atoms with Crippen molar-refractivity contribution in [3.8, 4) is 11.1 Å². The highest BCUT2D eigenvalue weighted by atomic mass is 14.7. The van der Waals surface area contributed by atoms with E-state index in [9.17, 15) is 0 Å². The van der Waals surface area contributed by atoms with Gasteiger partial charge in [-0.05, 0) is 53.2 Å². The highest BCUT2D eigenvalue weighted by molar-refractivity contribution is 6.01. The molecule has 142 valence electrons. The lowest BCUT2D eigenvalue weighted by molar-refractivity contribution is 1.04. The van der Waals surface area contributed by atoms with Gasteiger partial charge in [-0.25, -0.2) is 0 Å². The standard InChI is InChI=1S/C28H25N/c1-21(23-13-17-27(18-14-23)25-9-5-3-6-10-25)29-22(2)24-15-19-28(20-16-24)26-11-7-4-8-12-26/h3,5-7,9-20H,1,4,8H2,2H3. The van der Waals surface area contributed by atoms with E-state index >= 15 is 0 Å². The molecule has 1 nitrogen and oxygen atoms in total. The molecular weight excluding hydrogens is 350 g/mol. The highest BCUT2D eigenvalue weighted by Crippen LogP contribution is 2.24. The Hall–Kier alpha value is -3.45. The Bertz CT molecular complexity index is 1080. The summed E-state index contributed by atoms with van der Waals surface area (Å²) in [5, 5.41) is 0. The summed E-state index contributed by atoms with van der Waals surface area (Å²) in [6, 6.07) is 27.5. The van der Waals surface area contributed by atoms with Crippen LogP contribution in [0.5, 0.6) is 0 Å². The van der Waals surface area contributed by atoms with Gasteiger partial charge in [-0.15, -0.1) is 0 Å². The summed E-state index contributed by atoms with van der Waals surface area (Å²) in [6.07, 6.45) is 9.01. The molecule has 0 aliphatic heterocycles. The van der Waals surface area contributed by atoms with Crippen molar-refractivity contribution in [1.82, 2.24) is 0 Å². The third-order valence-electron chi connectivity index (χ3n) is 5.26. The quantitative estimate of drug-likeness (QED) is 0.408. The van der Waals surface area contributed by atoms with Crippen LogP contribution in [-0.4, -0.2) is 5.71 Å². The Morgan fingerprint density at radius 3 is 2.00 bits per heavy atom. The van der Waals surface area contributed by atoms with E-state index in [0.717, 1.165) is 35.4 Å². The molecule has 0 saturated heterocycles. The van der Waals surface area contributed by atoms with Crippen molar-refractivity contribution in [1.29, 1.82) is 0 Å². The van der Waals surface area contributed by atoms with Crippen LogP contribution in [0.15, 0.2) is 109 Å². The molecule has 1 heteroatoms. The first-order valence-electron chi connectivity index (χ1n) is 10.1. The van der Waals surface area contributed by atoms with Crippen molar-refractivity contribution < 1.29 is 0 Å². The van der Waals surface area contributed by atoms with Gasteiger partial charge in [0, 0.05) is 5.71 Å². The molecule has 1 aliphatic carbocycles. The van der Waals surface area contributed by atoms with Gasteiger partial charge in [0.2, 0.25) is 0 Å². The first kappa shape index (κ1) is 18.9. The largest absolute Gasteiger partial charge is 0.253 e. The lowest BCUT2D eigenvalue weighted by atomic mass is 9.98. The maximum atomic E-state index is 4.76. The Morgan fingerprint density at radius 2 is 1.34 bits per heavy atom. The van der Waals surface area contributed by atoms with Crippen LogP contribution in [0.4, 0.5) is 0 Å². The molecule has 0 saturated carbocycles. The summed E-state index contributed by atoms with van der Waals surface area (Å²) in [6.45, 7) is 6.22. The van der Waals surface area contributed by atoms with Gasteiger partial charge in [0.15, 0.2) is 0 Å². The number of hydrogen-bond donors (Lipinski definition) is 0. The summed E-state index contributed by atoms with van der Waals surface area (Å²) >= 11 is 0. The van der Waals surface area contributed by atoms with Gasteiger partial charge in [-0.1, -0.05) is 104 Å².